The van der Waals surface area contributed by atoms with Crippen LogP contribution in [0.3, 0.4) is 0 Å². The fourth-order valence-corrected chi connectivity index (χ4v) is 3.98. The molecule has 0 saturated carbocycles. The van der Waals surface area contributed by atoms with E-state index in [0.29, 0.717) is 28.8 Å². The molecular weight excluding hydrogens is 358 g/mol. The molecule has 130 valence electrons. The largest absolute Gasteiger partial charge is 0.466 e. The lowest BCUT2D eigenvalue weighted by atomic mass is 10.2. The molecule has 6 nitrogen and oxygen atoms in total. The number of anilines is 1. The number of nitrogens with one attached hydrogen (secondary N) is 2. The highest BCUT2D eigenvalue weighted by atomic mass is 32.1. The molecule has 0 aliphatic heterocycles. The normalized spacial score (nSPS) is 10.7. The SMILES string of the molecule is CC(=O)NCc1ccc(-c2csc(NC(=O)c3cc(C)oc3C)n2)s1. The average Bonchev–Trinajstić information content (AvgIpc) is 3.25. The monoisotopic (exact) mass is 375 g/mol. The molecule has 0 atom stereocenters. The Hall–Kier alpha value is -2.45. The third-order valence-corrected chi connectivity index (χ3v) is 5.30. The molecule has 3 aromatic rings. The van der Waals surface area contributed by atoms with Gasteiger partial charge in [-0.05, 0) is 32.0 Å². The van der Waals surface area contributed by atoms with Gasteiger partial charge in [-0.2, -0.15) is 0 Å². The fraction of sp³-hybridized carbons (Fsp3) is 0.235. The minimum atomic E-state index is -0.229. The van der Waals surface area contributed by atoms with Crippen molar-refractivity contribution in [2.45, 2.75) is 27.3 Å². The van der Waals surface area contributed by atoms with Crippen molar-refractivity contribution >= 4 is 39.6 Å². The molecule has 0 aliphatic carbocycles. The molecule has 3 rings (SSSR count). The summed E-state index contributed by atoms with van der Waals surface area (Å²) in [6, 6.07) is 5.64. The second kappa shape index (κ2) is 7.20. The molecule has 0 fully saturated rings. The minimum absolute atomic E-state index is 0.0571. The van der Waals surface area contributed by atoms with Crippen molar-refractivity contribution in [1.82, 2.24) is 10.3 Å². The standard InChI is InChI=1S/C17H17N3O3S2/c1-9-6-13(10(2)23-9)16(22)20-17-19-14(8-24-17)15-5-4-12(25-15)7-18-11(3)21/h4-6,8H,7H2,1-3H3,(H,18,21)(H,19,20,22). The number of hydrogen-bond acceptors (Lipinski definition) is 6. The number of rotatable bonds is 5. The minimum Gasteiger partial charge on any atom is -0.466 e. The first-order chi connectivity index (χ1) is 11.9. The van der Waals surface area contributed by atoms with Crippen LogP contribution in [0.2, 0.25) is 0 Å². The van der Waals surface area contributed by atoms with E-state index in [4.69, 9.17) is 4.42 Å². The first-order valence-electron chi connectivity index (χ1n) is 7.60. The quantitative estimate of drug-likeness (QED) is 0.707. The molecule has 3 heterocycles. The number of nitrogens with zero attached hydrogens (tertiary/aromatic N) is 1. The summed E-state index contributed by atoms with van der Waals surface area (Å²) in [5.41, 5.74) is 1.32. The van der Waals surface area contributed by atoms with Crippen molar-refractivity contribution in [3.8, 4) is 10.6 Å². The van der Waals surface area contributed by atoms with Gasteiger partial charge in [-0.1, -0.05) is 0 Å². The van der Waals surface area contributed by atoms with Crippen LogP contribution in [0.15, 0.2) is 28.0 Å². The summed E-state index contributed by atoms with van der Waals surface area (Å²) in [4.78, 5) is 29.8. The van der Waals surface area contributed by atoms with Crippen LogP contribution in [-0.2, 0) is 11.3 Å². The predicted octanol–water partition coefficient (Wildman–Crippen LogP) is 3.97. The molecule has 2 amide bonds. The van der Waals surface area contributed by atoms with Gasteiger partial charge in [0.2, 0.25) is 5.91 Å². The number of thiophene rings is 1. The lowest BCUT2D eigenvalue weighted by molar-refractivity contribution is -0.119. The summed E-state index contributed by atoms with van der Waals surface area (Å²) < 4.78 is 5.38. The van der Waals surface area contributed by atoms with Gasteiger partial charge in [0, 0.05) is 17.2 Å². The van der Waals surface area contributed by atoms with Crippen LogP contribution < -0.4 is 10.6 Å². The maximum absolute atomic E-state index is 12.3. The highest BCUT2D eigenvalue weighted by molar-refractivity contribution is 7.17. The summed E-state index contributed by atoms with van der Waals surface area (Å²) in [5, 5.41) is 8.01. The summed E-state index contributed by atoms with van der Waals surface area (Å²) >= 11 is 2.93. The Morgan fingerprint density at radius 3 is 2.76 bits per heavy atom. The van der Waals surface area contributed by atoms with E-state index in [1.165, 1.54) is 18.3 Å². The molecule has 25 heavy (non-hydrogen) atoms. The van der Waals surface area contributed by atoms with Crippen LogP contribution >= 0.6 is 22.7 Å². The lowest BCUT2D eigenvalue weighted by Crippen LogP contribution is -2.17. The van der Waals surface area contributed by atoms with Gasteiger partial charge in [0.15, 0.2) is 5.13 Å². The van der Waals surface area contributed by atoms with Crippen LogP contribution in [0, 0.1) is 13.8 Å². The average molecular weight is 375 g/mol. The van der Waals surface area contributed by atoms with Crippen molar-refractivity contribution in [2.24, 2.45) is 0 Å². The topological polar surface area (TPSA) is 84.2 Å². The van der Waals surface area contributed by atoms with Crippen molar-refractivity contribution in [1.29, 1.82) is 0 Å². The summed E-state index contributed by atoms with van der Waals surface area (Å²) in [6.45, 7) is 5.57. The number of carbonyl (C=O) groups is 2. The van der Waals surface area contributed by atoms with E-state index in [2.05, 4.69) is 15.6 Å². The van der Waals surface area contributed by atoms with E-state index in [9.17, 15) is 9.59 Å². The van der Waals surface area contributed by atoms with Crippen LogP contribution in [-0.4, -0.2) is 16.8 Å². The third-order valence-electron chi connectivity index (χ3n) is 3.44. The Morgan fingerprint density at radius 1 is 1.28 bits per heavy atom. The molecular formula is C17H17N3O3S2. The highest BCUT2D eigenvalue weighted by Gasteiger charge is 2.16. The molecule has 0 aromatic carbocycles. The van der Waals surface area contributed by atoms with Crippen molar-refractivity contribution in [3.05, 3.63) is 45.5 Å². The van der Waals surface area contributed by atoms with Crippen LogP contribution in [0.25, 0.3) is 10.6 Å². The van der Waals surface area contributed by atoms with Gasteiger partial charge >= 0.3 is 0 Å². The predicted molar refractivity (Wildman–Crippen MR) is 99.1 cm³/mol. The molecule has 2 N–H and O–H groups in total. The number of hydrogen-bond donors (Lipinski definition) is 2. The van der Waals surface area contributed by atoms with Crippen LogP contribution in [0.1, 0.15) is 33.7 Å². The van der Waals surface area contributed by atoms with E-state index in [1.54, 1.807) is 31.3 Å². The van der Waals surface area contributed by atoms with Gasteiger partial charge < -0.3 is 9.73 Å². The maximum atomic E-state index is 12.3. The zero-order valence-corrected chi connectivity index (χ0v) is 15.6. The Kier molecular flexibility index (Phi) is 5.00. The molecule has 0 spiro atoms. The maximum Gasteiger partial charge on any atom is 0.260 e. The molecule has 0 saturated heterocycles. The van der Waals surface area contributed by atoms with E-state index in [0.717, 1.165) is 15.4 Å². The number of aromatic nitrogens is 1. The lowest BCUT2D eigenvalue weighted by Gasteiger charge is -1.99. The first kappa shape index (κ1) is 17.4. The summed E-state index contributed by atoms with van der Waals surface area (Å²) in [6.07, 6.45) is 0. The van der Waals surface area contributed by atoms with Gasteiger partial charge in [-0.3, -0.25) is 14.9 Å². The number of amides is 2. The van der Waals surface area contributed by atoms with Gasteiger partial charge in [-0.25, -0.2) is 4.98 Å². The number of aryl methyl sites for hydroxylation is 2. The Balaban J connectivity index is 1.69. The molecule has 0 bridgehead atoms. The Bertz CT molecular complexity index is 923. The first-order valence-corrected chi connectivity index (χ1v) is 9.29. The molecule has 0 aliphatic rings. The fourth-order valence-electron chi connectivity index (χ4n) is 2.29. The van der Waals surface area contributed by atoms with E-state index in [1.807, 2.05) is 17.5 Å². The summed E-state index contributed by atoms with van der Waals surface area (Å²) in [7, 11) is 0. The van der Waals surface area contributed by atoms with E-state index >= 15 is 0 Å². The van der Waals surface area contributed by atoms with E-state index in [-0.39, 0.29) is 11.8 Å². The van der Waals surface area contributed by atoms with Gasteiger partial charge in [0.05, 0.1) is 22.7 Å². The zero-order chi connectivity index (χ0) is 18.0. The Labute approximate surface area is 152 Å². The van der Waals surface area contributed by atoms with Crippen molar-refractivity contribution < 1.29 is 14.0 Å². The van der Waals surface area contributed by atoms with E-state index < -0.39 is 0 Å². The molecule has 3 aromatic heterocycles. The van der Waals surface area contributed by atoms with Gasteiger partial charge in [0.25, 0.3) is 5.91 Å². The van der Waals surface area contributed by atoms with Crippen molar-refractivity contribution in [3.63, 3.8) is 0 Å². The second-order valence-corrected chi connectivity index (χ2v) is 7.52. The second-order valence-electron chi connectivity index (χ2n) is 5.49. The Morgan fingerprint density at radius 2 is 2.08 bits per heavy atom. The number of carbonyl (C=O) groups excluding carboxylic acids is 2. The molecule has 0 unspecified atom stereocenters. The van der Waals surface area contributed by atoms with Crippen LogP contribution in [0.4, 0.5) is 5.13 Å². The smallest absolute Gasteiger partial charge is 0.260 e. The zero-order valence-electron chi connectivity index (χ0n) is 14.0. The molecule has 8 heteroatoms. The third kappa shape index (κ3) is 4.15. The van der Waals surface area contributed by atoms with Gasteiger partial charge in [-0.15, -0.1) is 22.7 Å². The van der Waals surface area contributed by atoms with Crippen LogP contribution in [0.5, 0.6) is 0 Å². The number of thiazole rings is 1. The molecule has 0 radical (unpaired) electrons. The highest BCUT2D eigenvalue weighted by Crippen LogP contribution is 2.31. The summed E-state index contributed by atoms with van der Waals surface area (Å²) in [5.74, 6) is 1.01. The van der Waals surface area contributed by atoms with Gasteiger partial charge in [0.1, 0.15) is 11.5 Å². The van der Waals surface area contributed by atoms with Crippen molar-refractivity contribution in [2.75, 3.05) is 5.32 Å². The number of furan rings is 1.